The first-order chi connectivity index (χ1) is 7.23. The molecule has 4 heteroatoms. The van der Waals surface area contributed by atoms with Gasteiger partial charge < -0.3 is 10.8 Å². The molecule has 15 heavy (non-hydrogen) atoms. The van der Waals surface area contributed by atoms with Gasteiger partial charge in [-0.1, -0.05) is 6.42 Å². The SMILES string of the molecule is Cc1cn[nH]c1[C@H](CN)C1(CO)CCC1. The van der Waals surface area contributed by atoms with Crippen molar-refractivity contribution in [3.63, 3.8) is 0 Å². The molecule has 1 heterocycles. The van der Waals surface area contributed by atoms with Crippen LogP contribution in [0, 0.1) is 12.3 Å². The van der Waals surface area contributed by atoms with Crippen LogP contribution in [0.15, 0.2) is 6.20 Å². The van der Waals surface area contributed by atoms with Crippen LogP contribution in [-0.4, -0.2) is 28.5 Å². The lowest BCUT2D eigenvalue weighted by atomic mass is 9.60. The summed E-state index contributed by atoms with van der Waals surface area (Å²) in [5, 5.41) is 16.6. The molecule has 0 unspecified atom stereocenters. The van der Waals surface area contributed by atoms with Crippen molar-refractivity contribution in [2.45, 2.75) is 32.1 Å². The molecule has 0 spiro atoms. The second-order valence-corrected chi connectivity index (χ2v) is 4.63. The van der Waals surface area contributed by atoms with E-state index in [9.17, 15) is 5.11 Å². The Balaban J connectivity index is 2.27. The number of hydrogen-bond donors (Lipinski definition) is 3. The summed E-state index contributed by atoms with van der Waals surface area (Å²) in [6.07, 6.45) is 5.17. The highest BCUT2D eigenvalue weighted by molar-refractivity contribution is 5.23. The lowest BCUT2D eigenvalue weighted by Crippen LogP contribution is -2.43. The van der Waals surface area contributed by atoms with E-state index < -0.39 is 0 Å². The average Bonchev–Trinajstić information content (AvgIpc) is 2.58. The van der Waals surface area contributed by atoms with E-state index in [-0.39, 0.29) is 17.9 Å². The standard InChI is InChI=1S/C11H19N3O/c1-8-6-13-14-10(8)9(5-12)11(7-15)3-2-4-11/h6,9,15H,2-5,7,12H2,1H3,(H,13,14)/t9-/m0/s1. The number of nitrogens with one attached hydrogen (secondary N) is 1. The fourth-order valence-electron chi connectivity index (χ4n) is 2.63. The van der Waals surface area contributed by atoms with Gasteiger partial charge in [0.25, 0.3) is 0 Å². The van der Waals surface area contributed by atoms with Crippen LogP contribution >= 0.6 is 0 Å². The molecule has 84 valence electrons. The average molecular weight is 209 g/mol. The monoisotopic (exact) mass is 209 g/mol. The highest BCUT2D eigenvalue weighted by Crippen LogP contribution is 2.50. The normalized spacial score (nSPS) is 21.0. The van der Waals surface area contributed by atoms with E-state index in [1.54, 1.807) is 0 Å². The molecule has 0 aliphatic heterocycles. The summed E-state index contributed by atoms with van der Waals surface area (Å²) in [5.74, 6) is 0.221. The first kappa shape index (κ1) is 10.6. The minimum atomic E-state index is 0.00600. The Kier molecular flexibility index (Phi) is 2.80. The number of nitrogens with zero attached hydrogens (tertiary/aromatic N) is 1. The molecule has 4 nitrogen and oxygen atoms in total. The summed E-state index contributed by atoms with van der Waals surface area (Å²) >= 11 is 0. The van der Waals surface area contributed by atoms with E-state index in [1.807, 2.05) is 13.1 Å². The maximum absolute atomic E-state index is 9.54. The van der Waals surface area contributed by atoms with Crippen molar-refractivity contribution < 1.29 is 5.11 Å². The zero-order valence-electron chi connectivity index (χ0n) is 9.16. The van der Waals surface area contributed by atoms with Crippen LogP contribution in [0.4, 0.5) is 0 Å². The topological polar surface area (TPSA) is 74.9 Å². The smallest absolute Gasteiger partial charge is 0.0519 e. The molecule has 4 N–H and O–H groups in total. The molecule has 0 saturated heterocycles. The van der Waals surface area contributed by atoms with Crippen molar-refractivity contribution in [1.82, 2.24) is 10.2 Å². The van der Waals surface area contributed by atoms with Gasteiger partial charge in [0.05, 0.1) is 6.20 Å². The van der Waals surface area contributed by atoms with Crippen molar-refractivity contribution in [1.29, 1.82) is 0 Å². The molecular weight excluding hydrogens is 190 g/mol. The van der Waals surface area contributed by atoms with Crippen molar-refractivity contribution in [2.75, 3.05) is 13.2 Å². The van der Waals surface area contributed by atoms with Gasteiger partial charge in [0.1, 0.15) is 0 Å². The molecule has 0 bridgehead atoms. The van der Waals surface area contributed by atoms with Gasteiger partial charge in [-0.15, -0.1) is 0 Å². The number of aryl methyl sites for hydroxylation is 1. The van der Waals surface area contributed by atoms with Crippen molar-refractivity contribution in [3.05, 3.63) is 17.5 Å². The van der Waals surface area contributed by atoms with Crippen LogP contribution in [0.5, 0.6) is 0 Å². The molecule has 1 aliphatic carbocycles. The van der Waals surface area contributed by atoms with E-state index >= 15 is 0 Å². The van der Waals surface area contributed by atoms with Crippen LogP contribution in [0.25, 0.3) is 0 Å². The molecule has 1 aromatic rings. The van der Waals surface area contributed by atoms with E-state index in [2.05, 4.69) is 10.2 Å². The number of nitrogens with two attached hydrogens (primary N) is 1. The Morgan fingerprint density at radius 1 is 1.67 bits per heavy atom. The Labute approximate surface area is 89.9 Å². The van der Waals surface area contributed by atoms with Gasteiger partial charge in [-0.05, 0) is 25.3 Å². The summed E-state index contributed by atoms with van der Waals surface area (Å²) in [7, 11) is 0. The Hall–Kier alpha value is -0.870. The lowest BCUT2D eigenvalue weighted by molar-refractivity contribution is 0.0177. The zero-order chi connectivity index (χ0) is 10.9. The number of aliphatic hydroxyl groups is 1. The van der Waals surface area contributed by atoms with E-state index in [4.69, 9.17) is 5.73 Å². The Bertz CT molecular complexity index is 325. The molecule has 0 radical (unpaired) electrons. The molecule has 1 atom stereocenters. The number of aromatic amines is 1. The van der Waals surface area contributed by atoms with Gasteiger partial charge in [0, 0.05) is 30.2 Å². The van der Waals surface area contributed by atoms with Gasteiger partial charge in [0.15, 0.2) is 0 Å². The predicted molar refractivity (Wildman–Crippen MR) is 58.5 cm³/mol. The molecule has 1 saturated carbocycles. The van der Waals surface area contributed by atoms with Crippen LogP contribution in [0.3, 0.4) is 0 Å². The minimum Gasteiger partial charge on any atom is -0.396 e. The third-order valence-corrected chi connectivity index (χ3v) is 3.86. The molecule has 2 rings (SSSR count). The number of aromatic nitrogens is 2. The highest BCUT2D eigenvalue weighted by atomic mass is 16.3. The molecule has 0 amide bonds. The molecule has 1 fully saturated rings. The largest absolute Gasteiger partial charge is 0.396 e. The maximum Gasteiger partial charge on any atom is 0.0519 e. The zero-order valence-corrected chi connectivity index (χ0v) is 9.16. The summed E-state index contributed by atoms with van der Waals surface area (Å²) in [5.41, 5.74) is 8.10. The first-order valence-electron chi connectivity index (χ1n) is 5.54. The van der Waals surface area contributed by atoms with Gasteiger partial charge in [0.2, 0.25) is 0 Å². The Morgan fingerprint density at radius 3 is 2.73 bits per heavy atom. The van der Waals surface area contributed by atoms with Crippen LogP contribution in [-0.2, 0) is 0 Å². The van der Waals surface area contributed by atoms with E-state index in [0.29, 0.717) is 6.54 Å². The van der Waals surface area contributed by atoms with E-state index in [0.717, 1.165) is 24.1 Å². The van der Waals surface area contributed by atoms with Crippen molar-refractivity contribution in [3.8, 4) is 0 Å². The van der Waals surface area contributed by atoms with Gasteiger partial charge in [-0.2, -0.15) is 5.10 Å². The lowest BCUT2D eigenvalue weighted by Gasteiger charge is -2.46. The summed E-state index contributed by atoms with van der Waals surface area (Å²) in [6, 6.07) is 0. The van der Waals surface area contributed by atoms with Gasteiger partial charge in [-0.3, -0.25) is 5.10 Å². The second kappa shape index (κ2) is 3.94. The van der Waals surface area contributed by atoms with Crippen LogP contribution < -0.4 is 5.73 Å². The summed E-state index contributed by atoms with van der Waals surface area (Å²) in [4.78, 5) is 0. The van der Waals surface area contributed by atoms with Crippen LogP contribution in [0.2, 0.25) is 0 Å². The van der Waals surface area contributed by atoms with Gasteiger partial charge in [-0.25, -0.2) is 0 Å². The molecule has 1 aliphatic rings. The number of hydrogen-bond acceptors (Lipinski definition) is 3. The minimum absolute atomic E-state index is 0.00600. The van der Waals surface area contributed by atoms with Gasteiger partial charge >= 0.3 is 0 Å². The van der Waals surface area contributed by atoms with Crippen molar-refractivity contribution in [2.24, 2.45) is 11.1 Å². The highest BCUT2D eigenvalue weighted by Gasteiger charge is 2.44. The van der Waals surface area contributed by atoms with Crippen LogP contribution in [0.1, 0.15) is 36.4 Å². The quantitative estimate of drug-likeness (QED) is 0.690. The first-order valence-corrected chi connectivity index (χ1v) is 5.54. The maximum atomic E-state index is 9.54. The van der Waals surface area contributed by atoms with Crippen molar-refractivity contribution >= 4 is 0 Å². The van der Waals surface area contributed by atoms with E-state index in [1.165, 1.54) is 6.42 Å². The Morgan fingerprint density at radius 2 is 2.40 bits per heavy atom. The number of aliphatic hydroxyl groups excluding tert-OH is 1. The molecular formula is C11H19N3O. The number of rotatable bonds is 4. The fourth-order valence-corrected chi connectivity index (χ4v) is 2.63. The summed E-state index contributed by atoms with van der Waals surface area (Å²) < 4.78 is 0. The fraction of sp³-hybridized carbons (Fsp3) is 0.727. The molecule has 1 aromatic heterocycles. The second-order valence-electron chi connectivity index (χ2n) is 4.63. The molecule has 0 aromatic carbocycles. The summed E-state index contributed by atoms with van der Waals surface area (Å²) in [6.45, 7) is 2.84. The number of H-pyrrole nitrogens is 1. The predicted octanol–water partition coefficient (Wildman–Crippen LogP) is 0.923. The third-order valence-electron chi connectivity index (χ3n) is 3.86. The third kappa shape index (κ3) is 1.58.